The van der Waals surface area contributed by atoms with E-state index in [-0.39, 0.29) is 11.8 Å². The molecule has 1 saturated carbocycles. The maximum atomic E-state index is 12.8. The Morgan fingerprint density at radius 3 is 2.62 bits per heavy atom. The Morgan fingerprint density at radius 1 is 1.09 bits per heavy atom. The number of carbonyl (C=O) groups is 2. The smallest absolute Gasteiger partial charge is 0.257 e. The van der Waals surface area contributed by atoms with Crippen LogP contribution >= 0.6 is 0 Å². The minimum absolute atomic E-state index is 0.0810. The lowest BCUT2D eigenvalue weighted by Crippen LogP contribution is -2.38. The van der Waals surface area contributed by atoms with Crippen molar-refractivity contribution in [3.8, 4) is 0 Å². The van der Waals surface area contributed by atoms with Crippen LogP contribution in [0, 0.1) is 5.92 Å². The molecule has 168 valence electrons. The highest BCUT2D eigenvalue weighted by molar-refractivity contribution is 6.06. The number of rotatable bonds is 8. The summed E-state index contributed by atoms with van der Waals surface area (Å²) in [6.07, 6.45) is 3.15. The number of hydrogen-bond acceptors (Lipinski definition) is 5. The van der Waals surface area contributed by atoms with E-state index in [1.807, 2.05) is 42.5 Å². The lowest BCUT2D eigenvalue weighted by Gasteiger charge is -2.16. The highest BCUT2D eigenvalue weighted by Gasteiger charge is 2.28. The fraction of sp³-hybridized carbons (Fsp3) is 0.400. The molecular formula is C25H31N5O2. The van der Waals surface area contributed by atoms with Crippen molar-refractivity contribution >= 4 is 29.1 Å². The molecule has 1 heterocycles. The van der Waals surface area contributed by atoms with Gasteiger partial charge in [0.25, 0.3) is 11.8 Å². The van der Waals surface area contributed by atoms with Gasteiger partial charge >= 0.3 is 0 Å². The number of hydrogen-bond donors (Lipinski definition) is 4. The zero-order chi connectivity index (χ0) is 22.5. The van der Waals surface area contributed by atoms with E-state index in [1.165, 1.54) is 0 Å². The minimum Gasteiger partial charge on any atom is -0.355 e. The second-order valence-electron chi connectivity index (χ2n) is 8.80. The third-order valence-electron chi connectivity index (χ3n) is 5.69. The zero-order valence-electron chi connectivity index (χ0n) is 18.7. The van der Waals surface area contributed by atoms with Crippen molar-refractivity contribution in [2.45, 2.75) is 39.0 Å². The maximum Gasteiger partial charge on any atom is 0.257 e. The molecular weight excluding hydrogens is 402 g/mol. The normalized spacial score (nSPS) is 15.2. The summed E-state index contributed by atoms with van der Waals surface area (Å²) in [5, 5.41) is 12.4. The Bertz CT molecular complexity index is 1030. The van der Waals surface area contributed by atoms with E-state index in [9.17, 15) is 9.59 Å². The third kappa shape index (κ3) is 5.46. The molecule has 1 aliphatic carbocycles. The van der Waals surface area contributed by atoms with Crippen molar-refractivity contribution in [3.05, 3.63) is 59.2 Å². The average Bonchev–Trinajstić information content (AvgIpc) is 3.50. The quantitative estimate of drug-likeness (QED) is 0.510. The number of guanidine groups is 1. The fourth-order valence-electron chi connectivity index (χ4n) is 3.72. The van der Waals surface area contributed by atoms with Gasteiger partial charge in [-0.3, -0.25) is 19.9 Å². The predicted molar refractivity (Wildman–Crippen MR) is 128 cm³/mol. The number of carbonyl (C=O) groups excluding carboxylic acids is 2. The molecule has 2 aromatic carbocycles. The average molecular weight is 434 g/mol. The topological polar surface area (TPSA) is 94.6 Å². The molecule has 2 aromatic rings. The predicted octanol–water partition coefficient (Wildman–Crippen LogP) is 3.77. The first-order valence-electron chi connectivity index (χ1n) is 11.4. The first-order valence-corrected chi connectivity index (χ1v) is 11.4. The van der Waals surface area contributed by atoms with Crippen LogP contribution in [0.3, 0.4) is 0 Å². The van der Waals surface area contributed by atoms with E-state index in [1.54, 1.807) is 0 Å². The van der Waals surface area contributed by atoms with Crippen LogP contribution < -0.4 is 21.3 Å². The summed E-state index contributed by atoms with van der Waals surface area (Å²) in [6.45, 7) is 6.36. The van der Waals surface area contributed by atoms with Gasteiger partial charge in [-0.1, -0.05) is 26.0 Å². The molecule has 0 radical (unpaired) electrons. The molecule has 0 unspecified atom stereocenters. The number of amides is 2. The second-order valence-corrected chi connectivity index (χ2v) is 8.80. The molecule has 0 atom stereocenters. The van der Waals surface area contributed by atoms with Crippen LogP contribution in [-0.2, 0) is 0 Å². The van der Waals surface area contributed by atoms with Crippen LogP contribution in [0.15, 0.2) is 47.5 Å². The molecule has 0 spiro atoms. The van der Waals surface area contributed by atoms with Gasteiger partial charge in [-0.05, 0) is 67.0 Å². The molecule has 2 amide bonds. The third-order valence-corrected chi connectivity index (χ3v) is 5.69. The van der Waals surface area contributed by atoms with Crippen molar-refractivity contribution < 1.29 is 9.59 Å². The van der Waals surface area contributed by atoms with Crippen molar-refractivity contribution in [2.75, 3.05) is 25.0 Å². The minimum atomic E-state index is -0.170. The Balaban J connectivity index is 1.52. The van der Waals surface area contributed by atoms with E-state index in [0.29, 0.717) is 42.0 Å². The molecule has 4 rings (SSSR count). The van der Waals surface area contributed by atoms with Crippen molar-refractivity contribution in [2.24, 2.45) is 10.9 Å². The number of aliphatic imine (C=N–C) groups is 1. The largest absolute Gasteiger partial charge is 0.355 e. The summed E-state index contributed by atoms with van der Waals surface area (Å²) >= 11 is 0. The standard InChI is InChI=1S/C25H31N5O2/c1-16(2)11-12-26-24(32)19-5-3-4-6-21(19)29-22-10-9-18(15-20(22)17-7-8-17)23(31)30-25-27-13-14-28-25/h3-6,9-10,15-17,29H,7-8,11-14H2,1-2H3,(H,26,32)(H2,27,28,30,31). The molecule has 1 fully saturated rings. The van der Waals surface area contributed by atoms with E-state index in [4.69, 9.17) is 0 Å². The number of benzene rings is 2. The summed E-state index contributed by atoms with van der Waals surface area (Å²) in [4.78, 5) is 29.6. The maximum absolute atomic E-state index is 12.8. The number of anilines is 2. The lowest BCUT2D eigenvalue weighted by atomic mass is 10.0. The highest BCUT2D eigenvalue weighted by Crippen LogP contribution is 2.44. The summed E-state index contributed by atoms with van der Waals surface area (Å²) < 4.78 is 0. The Kier molecular flexibility index (Phi) is 6.73. The summed E-state index contributed by atoms with van der Waals surface area (Å²) in [6, 6.07) is 13.2. The van der Waals surface area contributed by atoms with Crippen LogP contribution in [0.5, 0.6) is 0 Å². The molecule has 0 bridgehead atoms. The van der Waals surface area contributed by atoms with Gasteiger partial charge in [0.2, 0.25) is 0 Å². The Hall–Kier alpha value is -3.35. The van der Waals surface area contributed by atoms with Gasteiger partial charge < -0.3 is 16.0 Å². The van der Waals surface area contributed by atoms with Crippen LogP contribution in [0.2, 0.25) is 0 Å². The van der Waals surface area contributed by atoms with E-state index in [0.717, 1.165) is 42.7 Å². The molecule has 1 aliphatic heterocycles. The zero-order valence-corrected chi connectivity index (χ0v) is 18.7. The Morgan fingerprint density at radius 2 is 1.91 bits per heavy atom. The van der Waals surface area contributed by atoms with Crippen molar-refractivity contribution in [1.82, 2.24) is 16.0 Å². The van der Waals surface area contributed by atoms with Gasteiger partial charge in [0.1, 0.15) is 0 Å². The fourth-order valence-corrected chi connectivity index (χ4v) is 3.72. The van der Waals surface area contributed by atoms with Gasteiger partial charge in [-0.2, -0.15) is 0 Å². The number of nitrogens with one attached hydrogen (secondary N) is 4. The van der Waals surface area contributed by atoms with Gasteiger partial charge in [0.05, 0.1) is 17.8 Å². The molecule has 32 heavy (non-hydrogen) atoms. The second kappa shape index (κ2) is 9.85. The molecule has 2 aliphatic rings. The lowest BCUT2D eigenvalue weighted by molar-refractivity contribution is 0.0950. The summed E-state index contributed by atoms with van der Waals surface area (Å²) in [5.74, 6) is 1.25. The molecule has 0 aromatic heterocycles. The van der Waals surface area contributed by atoms with Gasteiger partial charge in [0.15, 0.2) is 5.96 Å². The number of nitrogens with zero attached hydrogens (tertiary/aromatic N) is 1. The van der Waals surface area contributed by atoms with E-state index in [2.05, 4.69) is 40.1 Å². The molecule has 0 saturated heterocycles. The first kappa shape index (κ1) is 21.9. The number of para-hydroxylation sites is 1. The van der Waals surface area contributed by atoms with Crippen LogP contribution in [-0.4, -0.2) is 37.4 Å². The summed E-state index contributed by atoms with van der Waals surface area (Å²) in [5.41, 5.74) is 4.02. The van der Waals surface area contributed by atoms with Crippen molar-refractivity contribution in [1.29, 1.82) is 0 Å². The Labute approximate surface area is 189 Å². The van der Waals surface area contributed by atoms with Crippen LogP contribution in [0.1, 0.15) is 65.3 Å². The highest BCUT2D eigenvalue weighted by atomic mass is 16.2. The molecule has 7 nitrogen and oxygen atoms in total. The first-order chi connectivity index (χ1) is 15.5. The summed E-state index contributed by atoms with van der Waals surface area (Å²) in [7, 11) is 0. The molecule has 7 heteroatoms. The van der Waals surface area contributed by atoms with E-state index < -0.39 is 0 Å². The van der Waals surface area contributed by atoms with Crippen LogP contribution in [0.4, 0.5) is 11.4 Å². The van der Waals surface area contributed by atoms with Gasteiger partial charge in [0, 0.05) is 24.3 Å². The van der Waals surface area contributed by atoms with Gasteiger partial charge in [-0.25, -0.2) is 0 Å². The SMILES string of the molecule is CC(C)CCNC(=O)c1ccccc1Nc1ccc(C(=O)NC2=NCCN2)cc1C1CC1. The van der Waals surface area contributed by atoms with Gasteiger partial charge in [-0.15, -0.1) is 0 Å². The molecule has 4 N–H and O–H groups in total. The monoisotopic (exact) mass is 433 g/mol. The van der Waals surface area contributed by atoms with Crippen molar-refractivity contribution in [3.63, 3.8) is 0 Å². The van der Waals surface area contributed by atoms with E-state index >= 15 is 0 Å². The van der Waals surface area contributed by atoms with Crippen LogP contribution in [0.25, 0.3) is 0 Å².